The number of hydrogen-bond acceptors (Lipinski definition) is 5. The van der Waals surface area contributed by atoms with Gasteiger partial charge in [-0.2, -0.15) is 0 Å². The number of nitrogens with two attached hydrogens (primary N) is 1. The van der Waals surface area contributed by atoms with E-state index in [1.807, 2.05) is 13.1 Å². The summed E-state index contributed by atoms with van der Waals surface area (Å²) in [5, 5.41) is 11.9. The number of carbonyl (C=O) groups is 1. The van der Waals surface area contributed by atoms with Crippen molar-refractivity contribution in [3.8, 4) is 0 Å². The number of halogens is 1. The van der Waals surface area contributed by atoms with Crippen LogP contribution in [0, 0.1) is 0 Å². The molecule has 0 aliphatic heterocycles. The van der Waals surface area contributed by atoms with Gasteiger partial charge in [-0.25, -0.2) is 0 Å². The maximum Gasteiger partial charge on any atom is 0.263 e. The Morgan fingerprint density at radius 2 is 2.33 bits per heavy atom. The monoisotopic (exact) mass is 321 g/mol. The number of benzene rings is 1. The van der Waals surface area contributed by atoms with Crippen LogP contribution in [0.2, 0.25) is 5.02 Å². The van der Waals surface area contributed by atoms with Gasteiger partial charge in [-0.1, -0.05) is 11.6 Å². The second-order valence-electron chi connectivity index (χ2n) is 4.53. The van der Waals surface area contributed by atoms with Crippen molar-refractivity contribution in [3.05, 3.63) is 40.3 Å². The number of nitrogens with one attached hydrogen (secondary N) is 1. The van der Waals surface area contributed by atoms with Crippen molar-refractivity contribution in [3.63, 3.8) is 0 Å². The van der Waals surface area contributed by atoms with Crippen LogP contribution in [-0.2, 0) is 13.6 Å². The molecule has 0 radical (unpaired) electrons. The molecule has 0 saturated heterocycles. The van der Waals surface area contributed by atoms with E-state index in [0.29, 0.717) is 28.0 Å². The second kappa shape index (κ2) is 5.34. The third kappa shape index (κ3) is 2.57. The lowest BCUT2D eigenvalue weighted by atomic mass is 10.2. The van der Waals surface area contributed by atoms with Crippen LogP contribution in [0.1, 0.15) is 15.5 Å². The zero-order chi connectivity index (χ0) is 15.0. The first-order chi connectivity index (χ1) is 10.1. The molecule has 3 N–H and O–H groups in total. The highest BCUT2D eigenvalue weighted by molar-refractivity contribution is 7.21. The van der Waals surface area contributed by atoms with Crippen molar-refractivity contribution in [1.82, 2.24) is 20.1 Å². The molecule has 1 amide bonds. The number of amides is 1. The van der Waals surface area contributed by atoms with Crippen LogP contribution in [0.5, 0.6) is 0 Å². The van der Waals surface area contributed by atoms with Gasteiger partial charge >= 0.3 is 0 Å². The quantitative estimate of drug-likeness (QED) is 0.774. The molecule has 1 aromatic carbocycles. The first kappa shape index (κ1) is 13.8. The number of nitrogen functional groups attached to an aromatic ring is 1. The van der Waals surface area contributed by atoms with E-state index in [2.05, 4.69) is 15.5 Å². The van der Waals surface area contributed by atoms with Crippen molar-refractivity contribution in [1.29, 1.82) is 0 Å². The largest absolute Gasteiger partial charge is 0.397 e. The van der Waals surface area contributed by atoms with Gasteiger partial charge in [0.15, 0.2) is 5.82 Å². The summed E-state index contributed by atoms with van der Waals surface area (Å²) in [6.07, 6.45) is 1.58. The van der Waals surface area contributed by atoms with Gasteiger partial charge in [-0.15, -0.1) is 21.5 Å². The molecule has 0 fully saturated rings. The van der Waals surface area contributed by atoms with E-state index in [-0.39, 0.29) is 5.91 Å². The van der Waals surface area contributed by atoms with Gasteiger partial charge in [0, 0.05) is 22.2 Å². The molecule has 6 nitrogen and oxygen atoms in total. The summed E-state index contributed by atoms with van der Waals surface area (Å²) in [7, 11) is 1.82. The summed E-state index contributed by atoms with van der Waals surface area (Å²) in [6, 6.07) is 5.38. The number of aryl methyl sites for hydroxylation is 1. The maximum absolute atomic E-state index is 12.3. The smallest absolute Gasteiger partial charge is 0.263 e. The molecule has 3 rings (SSSR count). The fourth-order valence-corrected chi connectivity index (χ4v) is 3.28. The zero-order valence-corrected chi connectivity index (χ0v) is 12.7. The van der Waals surface area contributed by atoms with Crippen LogP contribution in [0.15, 0.2) is 24.5 Å². The third-order valence-corrected chi connectivity index (χ3v) is 4.51. The summed E-state index contributed by atoms with van der Waals surface area (Å²) in [5.41, 5.74) is 6.52. The average Bonchev–Trinajstić information content (AvgIpc) is 3.00. The number of aromatic nitrogens is 3. The van der Waals surface area contributed by atoms with E-state index < -0.39 is 0 Å². The van der Waals surface area contributed by atoms with Crippen molar-refractivity contribution in [2.75, 3.05) is 5.73 Å². The summed E-state index contributed by atoms with van der Waals surface area (Å²) < 4.78 is 2.64. The van der Waals surface area contributed by atoms with Gasteiger partial charge in [0.1, 0.15) is 11.2 Å². The number of rotatable bonds is 3. The predicted octanol–water partition coefficient (Wildman–Crippen LogP) is 2.20. The molecule has 0 aliphatic carbocycles. The molecule has 0 bridgehead atoms. The zero-order valence-electron chi connectivity index (χ0n) is 11.1. The Labute approximate surface area is 129 Å². The molecular weight excluding hydrogens is 310 g/mol. The molecule has 8 heteroatoms. The third-order valence-electron chi connectivity index (χ3n) is 3.11. The molecule has 0 atom stereocenters. The summed E-state index contributed by atoms with van der Waals surface area (Å²) in [6.45, 7) is 0.295. The first-order valence-corrected chi connectivity index (χ1v) is 7.34. The Morgan fingerprint density at radius 3 is 3.05 bits per heavy atom. The van der Waals surface area contributed by atoms with E-state index >= 15 is 0 Å². The Morgan fingerprint density at radius 1 is 1.52 bits per heavy atom. The highest BCUT2D eigenvalue weighted by Crippen LogP contribution is 2.35. The van der Waals surface area contributed by atoms with Crippen molar-refractivity contribution in [2.24, 2.45) is 7.05 Å². The minimum atomic E-state index is -0.229. The number of fused-ring (bicyclic) bond motifs is 1. The Balaban J connectivity index is 1.84. The SMILES string of the molecule is Cn1cnnc1CNC(=O)c1sc2cc(Cl)ccc2c1N. The lowest BCUT2D eigenvalue weighted by molar-refractivity contribution is 0.0954. The van der Waals surface area contributed by atoms with Gasteiger partial charge in [-0.05, 0) is 18.2 Å². The highest BCUT2D eigenvalue weighted by atomic mass is 35.5. The van der Waals surface area contributed by atoms with Crippen molar-refractivity contribution < 1.29 is 4.79 Å². The van der Waals surface area contributed by atoms with E-state index in [0.717, 1.165) is 10.1 Å². The molecular formula is C13H12ClN5OS. The minimum absolute atomic E-state index is 0.229. The molecule has 0 aliphatic rings. The van der Waals surface area contributed by atoms with E-state index in [4.69, 9.17) is 17.3 Å². The van der Waals surface area contributed by atoms with Crippen molar-refractivity contribution in [2.45, 2.75) is 6.54 Å². The maximum atomic E-state index is 12.3. The Bertz CT molecular complexity index is 825. The molecule has 0 saturated carbocycles. The molecule has 2 aromatic heterocycles. The standard InChI is InChI=1S/C13H12ClN5OS/c1-19-6-17-18-10(19)5-16-13(20)12-11(15)8-3-2-7(14)4-9(8)21-12/h2-4,6H,5,15H2,1H3,(H,16,20). The number of thiophene rings is 1. The topological polar surface area (TPSA) is 85.8 Å². The van der Waals surface area contributed by atoms with E-state index in [1.54, 1.807) is 23.0 Å². The molecule has 3 aromatic rings. The van der Waals surface area contributed by atoms with Gasteiger partial charge in [0.05, 0.1) is 12.2 Å². The molecule has 2 heterocycles. The molecule has 0 spiro atoms. The van der Waals surface area contributed by atoms with Gasteiger partial charge < -0.3 is 15.6 Å². The lowest BCUT2D eigenvalue weighted by Gasteiger charge is -2.03. The van der Waals surface area contributed by atoms with Crippen LogP contribution >= 0.6 is 22.9 Å². The van der Waals surface area contributed by atoms with Crippen LogP contribution < -0.4 is 11.1 Å². The number of carbonyl (C=O) groups excluding carboxylic acids is 1. The summed E-state index contributed by atoms with van der Waals surface area (Å²) >= 11 is 7.28. The Kier molecular flexibility index (Phi) is 3.52. The van der Waals surface area contributed by atoms with Gasteiger partial charge in [0.25, 0.3) is 5.91 Å². The molecule has 21 heavy (non-hydrogen) atoms. The minimum Gasteiger partial charge on any atom is -0.397 e. The Hall–Kier alpha value is -2.12. The normalized spacial score (nSPS) is 11.0. The lowest BCUT2D eigenvalue weighted by Crippen LogP contribution is -2.24. The molecule has 0 unspecified atom stereocenters. The van der Waals surface area contributed by atoms with Crippen LogP contribution in [0.4, 0.5) is 5.69 Å². The second-order valence-corrected chi connectivity index (χ2v) is 6.01. The molecule has 108 valence electrons. The van der Waals surface area contributed by atoms with Gasteiger partial charge in [-0.3, -0.25) is 4.79 Å². The number of anilines is 1. The fraction of sp³-hybridized carbons (Fsp3) is 0.154. The fourth-order valence-electron chi connectivity index (χ4n) is 1.97. The highest BCUT2D eigenvalue weighted by Gasteiger charge is 2.16. The van der Waals surface area contributed by atoms with E-state index in [9.17, 15) is 4.79 Å². The number of nitrogens with zero attached hydrogens (tertiary/aromatic N) is 3. The summed E-state index contributed by atoms with van der Waals surface area (Å²) in [4.78, 5) is 12.7. The van der Waals surface area contributed by atoms with Gasteiger partial charge in [0.2, 0.25) is 0 Å². The average molecular weight is 322 g/mol. The van der Waals surface area contributed by atoms with Crippen molar-refractivity contribution >= 4 is 44.6 Å². The van der Waals surface area contributed by atoms with E-state index in [1.165, 1.54) is 11.3 Å². The predicted molar refractivity (Wildman–Crippen MR) is 83.4 cm³/mol. The van der Waals surface area contributed by atoms with Crippen LogP contribution in [0.3, 0.4) is 0 Å². The van der Waals surface area contributed by atoms with Crippen LogP contribution in [0.25, 0.3) is 10.1 Å². The van der Waals surface area contributed by atoms with Crippen LogP contribution in [-0.4, -0.2) is 20.7 Å². The summed E-state index contributed by atoms with van der Waals surface area (Å²) in [5.74, 6) is 0.443. The first-order valence-electron chi connectivity index (χ1n) is 6.15. The number of hydrogen-bond donors (Lipinski definition) is 2.